The quantitative estimate of drug-likeness (QED) is 0.634. The molecule has 0 radical (unpaired) electrons. The maximum absolute atomic E-state index is 11.2. The number of aromatic amines is 1. The van der Waals surface area contributed by atoms with E-state index < -0.39 is 0 Å². The van der Waals surface area contributed by atoms with Crippen LogP contribution in [-0.4, -0.2) is 15.2 Å². The lowest BCUT2D eigenvalue weighted by molar-refractivity contribution is 0.559. The fourth-order valence-electron chi connectivity index (χ4n) is 0.963. The van der Waals surface area contributed by atoms with Crippen LogP contribution in [0, 0.1) is 0 Å². The molecule has 0 bridgehead atoms. The van der Waals surface area contributed by atoms with Gasteiger partial charge in [-0.2, -0.15) is 0 Å². The van der Waals surface area contributed by atoms with E-state index in [0.717, 1.165) is 0 Å². The number of alkyl halides is 1. The van der Waals surface area contributed by atoms with Crippen molar-refractivity contribution in [1.29, 1.82) is 0 Å². The first kappa shape index (κ1) is 11.3. The van der Waals surface area contributed by atoms with Crippen LogP contribution in [0.4, 0.5) is 0 Å². The van der Waals surface area contributed by atoms with Crippen LogP contribution in [0.1, 0.15) is 19.9 Å². The molecular weight excluding hydrogens is 224 g/mol. The molecule has 0 fully saturated rings. The summed E-state index contributed by atoms with van der Waals surface area (Å²) < 4.78 is 1.28. The molecule has 1 heterocycles. The minimum atomic E-state index is -0.339. The van der Waals surface area contributed by atoms with Crippen molar-refractivity contribution in [3.8, 4) is 0 Å². The maximum atomic E-state index is 11.2. The van der Waals surface area contributed by atoms with Crippen LogP contribution < -0.4 is 9.75 Å². The van der Waals surface area contributed by atoms with Gasteiger partial charge in [0.25, 0.3) is 0 Å². The van der Waals surface area contributed by atoms with E-state index in [2.05, 4.69) is 5.10 Å². The van der Waals surface area contributed by atoms with Crippen LogP contribution in [0.2, 0.25) is 0 Å². The summed E-state index contributed by atoms with van der Waals surface area (Å²) in [4.78, 5) is 21.4. The average molecular weight is 235 g/mol. The molecule has 2 atom stereocenters. The highest BCUT2D eigenvalue weighted by Gasteiger charge is 2.06. The van der Waals surface area contributed by atoms with Crippen LogP contribution >= 0.6 is 22.9 Å². The predicted octanol–water partition coefficient (Wildman–Crippen LogP) is 1.34. The molecule has 78 valence electrons. The summed E-state index contributed by atoms with van der Waals surface area (Å²) >= 11 is 6.37. The molecule has 1 aromatic rings. The minimum absolute atomic E-state index is 0.0847. The molecule has 0 saturated carbocycles. The lowest BCUT2D eigenvalue weighted by Gasteiger charge is -2.05. The van der Waals surface area contributed by atoms with Gasteiger partial charge in [-0.1, -0.05) is 12.2 Å². The molecule has 1 N–H and O–H groups in total. The summed E-state index contributed by atoms with van der Waals surface area (Å²) in [5.74, 6) is 0. The molecule has 6 heteroatoms. The highest BCUT2D eigenvalue weighted by atomic mass is 35.5. The number of rotatable bonds is 3. The molecule has 0 aliphatic rings. The van der Waals surface area contributed by atoms with Crippen molar-refractivity contribution in [2.45, 2.75) is 25.3 Å². The van der Waals surface area contributed by atoms with Crippen molar-refractivity contribution >= 4 is 22.9 Å². The molecule has 0 amide bonds. The van der Waals surface area contributed by atoms with Gasteiger partial charge in [0, 0.05) is 5.38 Å². The van der Waals surface area contributed by atoms with Crippen LogP contribution in [0.3, 0.4) is 0 Å². The summed E-state index contributed by atoms with van der Waals surface area (Å²) in [7, 11) is 0. The van der Waals surface area contributed by atoms with Gasteiger partial charge in [0.2, 0.25) is 0 Å². The summed E-state index contributed by atoms with van der Waals surface area (Å²) in [6.07, 6.45) is 3.55. The Morgan fingerprint density at radius 2 is 2.07 bits per heavy atom. The topological polar surface area (TPSA) is 54.9 Å². The zero-order chi connectivity index (χ0) is 10.7. The molecule has 2 unspecified atom stereocenters. The van der Waals surface area contributed by atoms with Gasteiger partial charge < -0.3 is 0 Å². The molecular formula is C8H11ClN2O2S. The number of hydrogen-bond donors (Lipinski definition) is 1. The van der Waals surface area contributed by atoms with Gasteiger partial charge in [-0.3, -0.25) is 14.7 Å². The van der Waals surface area contributed by atoms with Gasteiger partial charge in [-0.15, -0.1) is 11.6 Å². The Labute approximate surface area is 89.8 Å². The Morgan fingerprint density at radius 1 is 1.43 bits per heavy atom. The lowest BCUT2D eigenvalue weighted by Crippen LogP contribution is -2.18. The second-order valence-corrected chi connectivity index (χ2v) is 4.55. The molecule has 1 aromatic heterocycles. The van der Waals surface area contributed by atoms with Gasteiger partial charge in [0.05, 0.1) is 6.04 Å². The number of aromatic nitrogens is 2. The van der Waals surface area contributed by atoms with Crippen LogP contribution in [0.5, 0.6) is 0 Å². The largest absolute Gasteiger partial charge is 0.327 e. The summed E-state index contributed by atoms with van der Waals surface area (Å²) in [6.45, 7) is 3.63. The first-order valence-corrected chi connectivity index (χ1v) is 5.40. The van der Waals surface area contributed by atoms with Gasteiger partial charge in [0.1, 0.15) is 0 Å². The summed E-state index contributed by atoms with van der Waals surface area (Å²) in [5, 5.41) is 2.36. The second kappa shape index (κ2) is 4.61. The van der Waals surface area contributed by atoms with Gasteiger partial charge in [-0.25, -0.2) is 4.68 Å². The lowest BCUT2D eigenvalue weighted by atomic mass is 10.3. The Kier molecular flexibility index (Phi) is 3.71. The fraction of sp³-hybridized carbons (Fsp3) is 0.500. The third kappa shape index (κ3) is 2.85. The van der Waals surface area contributed by atoms with Crippen molar-refractivity contribution in [2.24, 2.45) is 0 Å². The molecule has 0 aliphatic carbocycles. The highest BCUT2D eigenvalue weighted by Crippen LogP contribution is 2.04. The van der Waals surface area contributed by atoms with E-state index in [9.17, 15) is 9.59 Å². The van der Waals surface area contributed by atoms with E-state index in [-0.39, 0.29) is 21.2 Å². The zero-order valence-electron chi connectivity index (χ0n) is 7.86. The van der Waals surface area contributed by atoms with E-state index in [1.807, 2.05) is 6.92 Å². The molecule has 0 aliphatic heterocycles. The smallest absolute Gasteiger partial charge is 0.255 e. The van der Waals surface area contributed by atoms with Crippen LogP contribution in [-0.2, 0) is 0 Å². The van der Waals surface area contributed by atoms with E-state index in [1.165, 1.54) is 4.68 Å². The first-order chi connectivity index (χ1) is 6.50. The number of allylic oxidation sites excluding steroid dienone is 2. The molecule has 0 aromatic carbocycles. The molecule has 4 nitrogen and oxygen atoms in total. The summed E-state index contributed by atoms with van der Waals surface area (Å²) in [6, 6.07) is -0.178. The molecule has 14 heavy (non-hydrogen) atoms. The predicted molar refractivity (Wildman–Crippen MR) is 58.4 cm³/mol. The SMILES string of the molecule is CC(Cl)/C=C/C(C)n1[nH]c(=O)sc1=O. The van der Waals surface area contributed by atoms with Crippen molar-refractivity contribution < 1.29 is 0 Å². The standard InChI is InChI=1S/C8H11ClN2O2S/c1-5(9)3-4-6(2)11-8(13)14-7(12)10-11/h3-6H,1-2H3,(H,10,12)/b4-3+. The van der Waals surface area contributed by atoms with Crippen LogP contribution in [0.25, 0.3) is 0 Å². The molecule has 0 saturated heterocycles. The van der Waals surface area contributed by atoms with E-state index in [4.69, 9.17) is 11.6 Å². The molecule has 0 spiro atoms. The monoisotopic (exact) mass is 234 g/mol. The third-order valence-corrected chi connectivity index (χ3v) is 2.44. The number of nitrogens with zero attached hydrogens (tertiary/aromatic N) is 1. The molecule has 1 rings (SSSR count). The van der Waals surface area contributed by atoms with E-state index in [1.54, 1.807) is 19.1 Å². The van der Waals surface area contributed by atoms with Crippen molar-refractivity contribution in [2.75, 3.05) is 0 Å². The number of halogens is 1. The van der Waals surface area contributed by atoms with E-state index >= 15 is 0 Å². The Bertz CT molecular complexity index is 429. The Morgan fingerprint density at radius 3 is 2.50 bits per heavy atom. The van der Waals surface area contributed by atoms with Gasteiger partial charge in [0.15, 0.2) is 0 Å². The van der Waals surface area contributed by atoms with Crippen LogP contribution in [0.15, 0.2) is 21.7 Å². The maximum Gasteiger partial charge on any atom is 0.327 e. The number of H-pyrrole nitrogens is 1. The van der Waals surface area contributed by atoms with Gasteiger partial charge in [-0.05, 0) is 25.2 Å². The Balaban J connectivity index is 2.90. The third-order valence-electron chi connectivity index (χ3n) is 1.65. The normalized spacial score (nSPS) is 15.9. The second-order valence-electron chi connectivity index (χ2n) is 2.94. The summed E-state index contributed by atoms with van der Waals surface area (Å²) in [5.41, 5.74) is 0. The van der Waals surface area contributed by atoms with Crippen molar-refractivity contribution in [3.05, 3.63) is 31.5 Å². The van der Waals surface area contributed by atoms with E-state index in [0.29, 0.717) is 11.3 Å². The highest BCUT2D eigenvalue weighted by molar-refractivity contribution is 7.06. The van der Waals surface area contributed by atoms with Crippen molar-refractivity contribution in [3.63, 3.8) is 0 Å². The minimum Gasteiger partial charge on any atom is -0.255 e. The Hall–Kier alpha value is -0.810. The van der Waals surface area contributed by atoms with Gasteiger partial charge >= 0.3 is 9.75 Å². The number of nitrogens with one attached hydrogen (secondary N) is 1. The zero-order valence-corrected chi connectivity index (χ0v) is 9.43. The first-order valence-electron chi connectivity index (χ1n) is 4.14. The average Bonchev–Trinajstić information content (AvgIpc) is 2.41. The van der Waals surface area contributed by atoms with Crippen molar-refractivity contribution in [1.82, 2.24) is 9.78 Å². The fourth-order valence-corrected chi connectivity index (χ4v) is 1.66. The number of hydrogen-bond acceptors (Lipinski definition) is 3.